The van der Waals surface area contributed by atoms with E-state index in [0.717, 1.165) is 29.7 Å². The fourth-order valence-electron chi connectivity index (χ4n) is 3.22. The highest BCUT2D eigenvalue weighted by Crippen LogP contribution is 2.28. The molecule has 26 heavy (non-hydrogen) atoms. The first-order chi connectivity index (χ1) is 12.6. The molecular weight excluding hydrogens is 371 g/mol. The third kappa shape index (κ3) is 3.32. The molecule has 5 nitrogen and oxygen atoms in total. The molecule has 0 radical (unpaired) electrons. The number of hydrogen-bond donors (Lipinski definition) is 0. The Bertz CT molecular complexity index is 953. The number of nitrogens with zero attached hydrogens (tertiary/aromatic N) is 4. The van der Waals surface area contributed by atoms with Crippen LogP contribution in [0.1, 0.15) is 10.4 Å². The van der Waals surface area contributed by atoms with E-state index in [0.29, 0.717) is 28.8 Å². The van der Waals surface area contributed by atoms with Crippen molar-refractivity contribution in [2.24, 2.45) is 0 Å². The molecule has 0 N–H and O–H groups in total. The minimum atomic E-state index is -0.0137. The zero-order chi connectivity index (χ0) is 18.1. The average Bonchev–Trinajstić information content (AvgIpc) is 2.67. The van der Waals surface area contributed by atoms with Gasteiger partial charge in [0.1, 0.15) is 5.15 Å². The Morgan fingerprint density at radius 2 is 1.77 bits per heavy atom. The van der Waals surface area contributed by atoms with Crippen molar-refractivity contribution < 1.29 is 4.79 Å². The van der Waals surface area contributed by atoms with Gasteiger partial charge in [0.05, 0.1) is 11.1 Å². The summed E-state index contributed by atoms with van der Waals surface area (Å²) in [5, 5.41) is 2.13. The van der Waals surface area contributed by atoms with Crippen LogP contribution in [-0.2, 0) is 0 Å². The Balaban J connectivity index is 1.50. The predicted molar refractivity (Wildman–Crippen MR) is 104 cm³/mol. The van der Waals surface area contributed by atoms with Gasteiger partial charge in [-0.15, -0.1) is 0 Å². The van der Waals surface area contributed by atoms with Gasteiger partial charge in [-0.05, 0) is 36.4 Å². The second kappa shape index (κ2) is 7.09. The van der Waals surface area contributed by atoms with Crippen molar-refractivity contribution in [1.82, 2.24) is 14.9 Å². The van der Waals surface area contributed by atoms with Crippen LogP contribution in [0.4, 0.5) is 5.69 Å². The molecule has 0 bridgehead atoms. The smallest absolute Gasteiger partial charge is 0.255 e. The van der Waals surface area contributed by atoms with Gasteiger partial charge in [0.2, 0.25) is 0 Å². The summed E-state index contributed by atoms with van der Waals surface area (Å²) in [5.74, 6) is -0.0137. The van der Waals surface area contributed by atoms with Crippen LogP contribution in [0, 0.1) is 0 Å². The van der Waals surface area contributed by atoms with E-state index in [-0.39, 0.29) is 5.91 Å². The molecule has 7 heteroatoms. The van der Waals surface area contributed by atoms with Crippen LogP contribution in [0.25, 0.3) is 10.9 Å². The zero-order valence-electron chi connectivity index (χ0n) is 13.9. The van der Waals surface area contributed by atoms with E-state index in [2.05, 4.69) is 14.9 Å². The second-order valence-electron chi connectivity index (χ2n) is 6.14. The fourth-order valence-corrected chi connectivity index (χ4v) is 3.50. The Morgan fingerprint density at radius 1 is 0.962 bits per heavy atom. The molecule has 0 spiro atoms. The average molecular weight is 387 g/mol. The van der Waals surface area contributed by atoms with Crippen LogP contribution >= 0.6 is 23.2 Å². The van der Waals surface area contributed by atoms with E-state index < -0.39 is 0 Å². The molecule has 0 saturated carbocycles. The molecule has 1 aliphatic heterocycles. The number of fused-ring (bicyclic) bond motifs is 1. The number of halogens is 2. The summed E-state index contributed by atoms with van der Waals surface area (Å²) in [6.45, 7) is 2.82. The van der Waals surface area contributed by atoms with Gasteiger partial charge in [0, 0.05) is 54.7 Å². The van der Waals surface area contributed by atoms with Gasteiger partial charge < -0.3 is 9.80 Å². The molecule has 1 saturated heterocycles. The summed E-state index contributed by atoms with van der Waals surface area (Å²) < 4.78 is 0. The van der Waals surface area contributed by atoms with Crippen LogP contribution in [0.3, 0.4) is 0 Å². The van der Waals surface area contributed by atoms with Crippen LogP contribution in [0.2, 0.25) is 10.2 Å². The van der Waals surface area contributed by atoms with E-state index in [1.807, 2.05) is 29.2 Å². The number of rotatable bonds is 2. The zero-order valence-corrected chi connectivity index (χ0v) is 15.4. The number of amides is 1. The summed E-state index contributed by atoms with van der Waals surface area (Å²) >= 11 is 11.9. The van der Waals surface area contributed by atoms with Crippen molar-refractivity contribution in [2.75, 3.05) is 31.1 Å². The molecule has 2 aromatic heterocycles. The van der Waals surface area contributed by atoms with Gasteiger partial charge in [-0.25, -0.2) is 4.98 Å². The maximum absolute atomic E-state index is 12.6. The second-order valence-corrected chi connectivity index (χ2v) is 6.96. The van der Waals surface area contributed by atoms with Gasteiger partial charge >= 0.3 is 0 Å². The Hall–Kier alpha value is -2.37. The van der Waals surface area contributed by atoms with Crippen molar-refractivity contribution in [1.29, 1.82) is 0 Å². The van der Waals surface area contributed by atoms with E-state index >= 15 is 0 Å². The minimum Gasteiger partial charge on any atom is -0.367 e. The molecule has 4 rings (SSSR count). The molecule has 1 amide bonds. The molecule has 0 atom stereocenters. The van der Waals surface area contributed by atoms with Crippen molar-refractivity contribution in [3.63, 3.8) is 0 Å². The van der Waals surface area contributed by atoms with E-state index in [9.17, 15) is 4.79 Å². The highest BCUT2D eigenvalue weighted by Gasteiger charge is 2.23. The molecule has 0 unspecified atom stereocenters. The standard InChI is InChI=1S/C19H16Cl2N4O/c20-14-2-3-15-16(11-14)22-6-5-17(15)24-7-9-25(10-8-24)19(26)13-1-4-18(21)23-12-13/h1-6,11-12H,7-10H2. The molecule has 3 aromatic rings. The lowest BCUT2D eigenvalue weighted by Crippen LogP contribution is -2.48. The number of hydrogen-bond acceptors (Lipinski definition) is 4. The number of pyridine rings is 2. The molecule has 1 aromatic carbocycles. The number of piperazine rings is 1. The number of anilines is 1. The number of benzene rings is 1. The maximum atomic E-state index is 12.6. The van der Waals surface area contributed by atoms with Gasteiger partial charge in [-0.1, -0.05) is 23.2 Å². The van der Waals surface area contributed by atoms with Crippen LogP contribution < -0.4 is 4.90 Å². The Kier molecular flexibility index (Phi) is 4.66. The largest absolute Gasteiger partial charge is 0.367 e. The summed E-state index contributed by atoms with van der Waals surface area (Å²) in [6, 6.07) is 11.1. The first kappa shape index (κ1) is 17.1. The summed E-state index contributed by atoms with van der Waals surface area (Å²) in [6.07, 6.45) is 3.32. The monoisotopic (exact) mass is 386 g/mol. The number of aromatic nitrogens is 2. The normalized spacial score (nSPS) is 14.7. The summed E-state index contributed by atoms with van der Waals surface area (Å²) in [7, 11) is 0. The quantitative estimate of drug-likeness (QED) is 0.626. The molecule has 132 valence electrons. The van der Waals surface area contributed by atoms with Crippen molar-refractivity contribution in [3.05, 3.63) is 64.5 Å². The van der Waals surface area contributed by atoms with Crippen molar-refractivity contribution in [2.45, 2.75) is 0 Å². The first-order valence-corrected chi connectivity index (χ1v) is 9.07. The van der Waals surface area contributed by atoms with Crippen molar-refractivity contribution >= 4 is 45.7 Å². The highest BCUT2D eigenvalue weighted by atomic mass is 35.5. The van der Waals surface area contributed by atoms with E-state index in [4.69, 9.17) is 23.2 Å². The topological polar surface area (TPSA) is 49.3 Å². The fraction of sp³-hybridized carbons (Fsp3) is 0.211. The first-order valence-electron chi connectivity index (χ1n) is 8.32. The highest BCUT2D eigenvalue weighted by molar-refractivity contribution is 6.31. The van der Waals surface area contributed by atoms with Gasteiger partial charge in [-0.2, -0.15) is 0 Å². The van der Waals surface area contributed by atoms with E-state index in [1.54, 1.807) is 18.3 Å². The minimum absolute atomic E-state index is 0.0137. The third-order valence-corrected chi connectivity index (χ3v) is 5.02. The van der Waals surface area contributed by atoms with Gasteiger partial charge in [-0.3, -0.25) is 9.78 Å². The Morgan fingerprint density at radius 3 is 2.50 bits per heavy atom. The lowest BCUT2D eigenvalue weighted by Gasteiger charge is -2.36. The molecule has 3 heterocycles. The van der Waals surface area contributed by atoms with Crippen LogP contribution in [0.15, 0.2) is 48.8 Å². The van der Waals surface area contributed by atoms with Gasteiger partial charge in [0.25, 0.3) is 5.91 Å². The molecule has 0 aliphatic carbocycles. The predicted octanol–water partition coefficient (Wildman–Crippen LogP) is 3.90. The maximum Gasteiger partial charge on any atom is 0.255 e. The molecule has 1 aliphatic rings. The molecular formula is C19H16Cl2N4O. The number of carbonyl (C=O) groups is 1. The summed E-state index contributed by atoms with van der Waals surface area (Å²) in [5.41, 5.74) is 2.56. The number of carbonyl (C=O) groups excluding carboxylic acids is 1. The summed E-state index contributed by atoms with van der Waals surface area (Å²) in [4.78, 5) is 25.1. The Labute approximate surface area is 161 Å². The van der Waals surface area contributed by atoms with Crippen LogP contribution in [-0.4, -0.2) is 47.0 Å². The van der Waals surface area contributed by atoms with Gasteiger partial charge in [0.15, 0.2) is 0 Å². The third-order valence-electron chi connectivity index (χ3n) is 4.56. The SMILES string of the molecule is O=C(c1ccc(Cl)nc1)N1CCN(c2ccnc3cc(Cl)ccc23)CC1. The lowest BCUT2D eigenvalue weighted by atomic mass is 10.1. The molecule has 1 fully saturated rings. The van der Waals surface area contributed by atoms with E-state index in [1.165, 1.54) is 6.20 Å². The van der Waals surface area contributed by atoms with Crippen LogP contribution in [0.5, 0.6) is 0 Å². The van der Waals surface area contributed by atoms with Crippen molar-refractivity contribution in [3.8, 4) is 0 Å². The lowest BCUT2D eigenvalue weighted by molar-refractivity contribution is 0.0746.